The van der Waals surface area contributed by atoms with Gasteiger partial charge >= 0.3 is 0 Å². The lowest BCUT2D eigenvalue weighted by molar-refractivity contribution is 0.475. The second kappa shape index (κ2) is 9.20. The Bertz CT molecular complexity index is 609. The van der Waals surface area contributed by atoms with Crippen LogP contribution >= 0.6 is 11.6 Å². The summed E-state index contributed by atoms with van der Waals surface area (Å²) in [4.78, 5) is 6.78. The Hall–Kier alpha value is -2.01. The lowest BCUT2D eigenvalue weighted by Crippen LogP contribution is -2.38. The molecule has 0 fully saturated rings. The summed E-state index contributed by atoms with van der Waals surface area (Å²) in [5, 5.41) is 8.31. The number of halogens is 1. The van der Waals surface area contributed by atoms with E-state index in [4.69, 9.17) is 11.6 Å². The molecule has 0 saturated carbocycles. The van der Waals surface area contributed by atoms with E-state index in [0.717, 1.165) is 49.1 Å². The molecule has 2 rings (SSSR count). The molecule has 0 unspecified atom stereocenters. The zero-order valence-electron chi connectivity index (χ0n) is 13.7. The average Bonchev–Trinajstić information content (AvgIpc) is 3.06. The van der Waals surface area contributed by atoms with Crippen LogP contribution in [0.5, 0.6) is 0 Å². The minimum absolute atomic E-state index is 0.727. The van der Waals surface area contributed by atoms with E-state index in [1.165, 1.54) is 0 Å². The van der Waals surface area contributed by atoms with Gasteiger partial charge in [0.15, 0.2) is 5.96 Å². The van der Waals surface area contributed by atoms with Gasteiger partial charge in [0, 0.05) is 50.6 Å². The highest BCUT2D eigenvalue weighted by molar-refractivity contribution is 6.31. The molecule has 23 heavy (non-hydrogen) atoms. The molecule has 2 aromatic rings. The topological polar surface area (TPSA) is 45.5 Å². The third-order valence-corrected chi connectivity index (χ3v) is 3.80. The van der Waals surface area contributed by atoms with Crippen LogP contribution in [0.25, 0.3) is 0 Å². The van der Waals surface area contributed by atoms with Crippen molar-refractivity contribution in [2.75, 3.05) is 20.1 Å². The van der Waals surface area contributed by atoms with Crippen molar-refractivity contribution in [3.63, 3.8) is 0 Å². The van der Waals surface area contributed by atoms with Crippen molar-refractivity contribution in [1.29, 1.82) is 0 Å². The van der Waals surface area contributed by atoms with Gasteiger partial charge in [0.2, 0.25) is 0 Å². The Balaban J connectivity index is 1.90. The number of hydrogen-bond donors (Lipinski definition) is 1. The molecule has 0 atom stereocenters. The molecule has 0 saturated heterocycles. The minimum atomic E-state index is 0.727. The maximum absolute atomic E-state index is 6.24. The first-order valence-corrected chi connectivity index (χ1v) is 8.28. The summed E-state index contributed by atoms with van der Waals surface area (Å²) in [6, 6.07) is 9.84. The van der Waals surface area contributed by atoms with E-state index >= 15 is 0 Å². The van der Waals surface area contributed by atoms with Gasteiger partial charge in [-0.2, -0.15) is 5.10 Å². The van der Waals surface area contributed by atoms with Crippen LogP contribution in [0.1, 0.15) is 18.9 Å². The number of nitrogens with one attached hydrogen (secondary N) is 1. The number of nitrogens with zero attached hydrogens (tertiary/aromatic N) is 4. The summed E-state index contributed by atoms with van der Waals surface area (Å²) in [6.45, 7) is 5.28. The van der Waals surface area contributed by atoms with Gasteiger partial charge in [-0.15, -0.1) is 0 Å². The van der Waals surface area contributed by atoms with Crippen LogP contribution in [0, 0.1) is 0 Å². The Morgan fingerprint density at radius 1 is 1.35 bits per heavy atom. The fourth-order valence-electron chi connectivity index (χ4n) is 2.28. The molecular weight excluding hydrogens is 310 g/mol. The van der Waals surface area contributed by atoms with Gasteiger partial charge < -0.3 is 10.2 Å². The van der Waals surface area contributed by atoms with Crippen LogP contribution in [0.15, 0.2) is 47.7 Å². The number of aromatic nitrogens is 2. The van der Waals surface area contributed by atoms with Crippen LogP contribution in [-0.2, 0) is 13.1 Å². The third-order valence-electron chi connectivity index (χ3n) is 3.43. The number of aliphatic imine (C=N–C) groups is 1. The molecule has 1 aromatic carbocycles. The molecule has 1 heterocycles. The van der Waals surface area contributed by atoms with Gasteiger partial charge in [0.25, 0.3) is 0 Å². The zero-order chi connectivity index (χ0) is 16.5. The van der Waals surface area contributed by atoms with Gasteiger partial charge in [0.05, 0.1) is 0 Å². The summed E-state index contributed by atoms with van der Waals surface area (Å²) in [7, 11) is 2.03. The summed E-state index contributed by atoms with van der Waals surface area (Å²) < 4.78 is 1.93. The van der Waals surface area contributed by atoms with E-state index in [1.807, 2.05) is 48.3 Å². The van der Waals surface area contributed by atoms with Crippen molar-refractivity contribution in [2.45, 2.75) is 26.4 Å². The highest BCUT2D eigenvalue weighted by atomic mass is 35.5. The van der Waals surface area contributed by atoms with Gasteiger partial charge in [-0.1, -0.05) is 29.8 Å². The van der Waals surface area contributed by atoms with Gasteiger partial charge in [-0.05, 0) is 31.0 Å². The molecule has 0 aliphatic heterocycles. The fraction of sp³-hybridized carbons (Fsp3) is 0.412. The van der Waals surface area contributed by atoms with Crippen LogP contribution in [-0.4, -0.2) is 40.8 Å². The fourth-order valence-corrected chi connectivity index (χ4v) is 2.47. The minimum Gasteiger partial charge on any atom is -0.357 e. The molecule has 0 amide bonds. The lowest BCUT2D eigenvalue weighted by atomic mass is 10.2. The summed E-state index contributed by atoms with van der Waals surface area (Å²) >= 11 is 6.24. The second-order valence-electron chi connectivity index (χ2n) is 5.31. The number of hydrogen-bond acceptors (Lipinski definition) is 2. The first-order valence-electron chi connectivity index (χ1n) is 7.91. The number of guanidine groups is 1. The first-order chi connectivity index (χ1) is 11.2. The van der Waals surface area contributed by atoms with E-state index in [2.05, 4.69) is 27.2 Å². The summed E-state index contributed by atoms with van der Waals surface area (Å²) in [6.07, 6.45) is 4.72. The second-order valence-corrected chi connectivity index (χ2v) is 5.71. The smallest absolute Gasteiger partial charge is 0.193 e. The lowest BCUT2D eigenvalue weighted by Gasteiger charge is -2.22. The SMILES string of the molecule is CCNC(=NCCCn1cccn1)N(C)Cc1ccccc1Cl. The average molecular weight is 334 g/mol. The predicted octanol–water partition coefficient (Wildman–Crippen LogP) is 3.02. The van der Waals surface area contributed by atoms with Crippen LogP contribution in [0.2, 0.25) is 5.02 Å². The van der Waals surface area contributed by atoms with Crippen LogP contribution in [0.4, 0.5) is 0 Å². The third kappa shape index (κ3) is 5.60. The van der Waals surface area contributed by atoms with Crippen molar-refractivity contribution in [1.82, 2.24) is 20.0 Å². The molecule has 0 aliphatic carbocycles. The number of rotatable bonds is 7. The predicted molar refractivity (Wildman–Crippen MR) is 95.7 cm³/mol. The molecule has 6 heteroatoms. The maximum atomic E-state index is 6.24. The Morgan fingerprint density at radius 3 is 2.87 bits per heavy atom. The quantitative estimate of drug-likeness (QED) is 0.481. The van der Waals surface area contributed by atoms with E-state index < -0.39 is 0 Å². The molecule has 124 valence electrons. The molecule has 0 bridgehead atoms. The molecule has 1 aromatic heterocycles. The van der Waals surface area contributed by atoms with Gasteiger partial charge in [0.1, 0.15) is 0 Å². The maximum Gasteiger partial charge on any atom is 0.193 e. The summed E-state index contributed by atoms with van der Waals surface area (Å²) in [5.74, 6) is 0.896. The Morgan fingerprint density at radius 2 is 2.17 bits per heavy atom. The molecular formula is C17H24ClN5. The Kier molecular flexibility index (Phi) is 6.94. The molecule has 1 N–H and O–H groups in total. The first kappa shape index (κ1) is 17.3. The van der Waals surface area contributed by atoms with Gasteiger partial charge in [-0.3, -0.25) is 9.67 Å². The molecule has 0 spiro atoms. The molecule has 0 radical (unpaired) electrons. The van der Waals surface area contributed by atoms with Crippen molar-refractivity contribution >= 4 is 17.6 Å². The van der Waals surface area contributed by atoms with E-state index in [-0.39, 0.29) is 0 Å². The van der Waals surface area contributed by atoms with Crippen LogP contribution < -0.4 is 5.32 Å². The normalized spacial score (nSPS) is 11.5. The van der Waals surface area contributed by atoms with Crippen molar-refractivity contribution in [2.24, 2.45) is 4.99 Å². The standard InChI is InChI=1S/C17H24ClN5/c1-3-19-17(20-10-6-12-23-13-7-11-21-23)22(2)14-15-8-4-5-9-16(15)18/h4-5,7-9,11,13H,3,6,10,12,14H2,1-2H3,(H,19,20). The molecule has 0 aliphatic rings. The van der Waals surface area contributed by atoms with Gasteiger partial charge in [-0.25, -0.2) is 0 Å². The number of benzene rings is 1. The van der Waals surface area contributed by atoms with Crippen molar-refractivity contribution in [3.8, 4) is 0 Å². The van der Waals surface area contributed by atoms with E-state index in [0.29, 0.717) is 0 Å². The number of aryl methyl sites for hydroxylation is 1. The highest BCUT2D eigenvalue weighted by Crippen LogP contribution is 2.16. The van der Waals surface area contributed by atoms with E-state index in [1.54, 1.807) is 6.20 Å². The van der Waals surface area contributed by atoms with E-state index in [9.17, 15) is 0 Å². The highest BCUT2D eigenvalue weighted by Gasteiger charge is 2.08. The van der Waals surface area contributed by atoms with Crippen molar-refractivity contribution < 1.29 is 0 Å². The van der Waals surface area contributed by atoms with Crippen LogP contribution in [0.3, 0.4) is 0 Å². The molecule has 5 nitrogen and oxygen atoms in total. The largest absolute Gasteiger partial charge is 0.357 e. The van der Waals surface area contributed by atoms with Crippen molar-refractivity contribution in [3.05, 3.63) is 53.3 Å². The summed E-state index contributed by atoms with van der Waals surface area (Å²) in [5.41, 5.74) is 1.10. The monoisotopic (exact) mass is 333 g/mol. The zero-order valence-corrected chi connectivity index (χ0v) is 14.5. The Labute approximate surface area is 143 Å².